The molecule has 3 heteroatoms. The molecule has 0 saturated carbocycles. The van der Waals surface area contributed by atoms with Crippen molar-refractivity contribution in [3.05, 3.63) is 0 Å². The van der Waals surface area contributed by atoms with Crippen molar-refractivity contribution in [3.8, 4) is 0 Å². The highest BCUT2D eigenvalue weighted by atomic mass is 16.5. The summed E-state index contributed by atoms with van der Waals surface area (Å²) in [4.78, 5) is 0. The predicted octanol–water partition coefficient (Wildman–Crippen LogP) is 1.70. The monoisotopic (exact) mass is 213 g/mol. The van der Waals surface area contributed by atoms with E-state index in [1.165, 1.54) is 12.8 Å². The molecule has 2 heterocycles. The highest BCUT2D eigenvalue weighted by Gasteiger charge is 2.40. The van der Waals surface area contributed by atoms with Crippen molar-refractivity contribution in [2.75, 3.05) is 19.8 Å². The minimum atomic E-state index is 0.0694. The van der Waals surface area contributed by atoms with E-state index in [1.807, 2.05) is 0 Å². The molecule has 2 fully saturated rings. The van der Waals surface area contributed by atoms with Gasteiger partial charge in [0, 0.05) is 18.6 Å². The van der Waals surface area contributed by atoms with Gasteiger partial charge in [-0.05, 0) is 39.5 Å². The quantitative estimate of drug-likeness (QED) is 0.776. The third-order valence-electron chi connectivity index (χ3n) is 3.83. The molecule has 0 spiro atoms. The average molecular weight is 213 g/mol. The van der Waals surface area contributed by atoms with Gasteiger partial charge >= 0.3 is 0 Å². The van der Waals surface area contributed by atoms with Gasteiger partial charge in [-0.1, -0.05) is 0 Å². The Balaban J connectivity index is 1.91. The van der Waals surface area contributed by atoms with Gasteiger partial charge in [0.15, 0.2) is 0 Å². The Kier molecular flexibility index (Phi) is 3.06. The van der Waals surface area contributed by atoms with E-state index in [1.54, 1.807) is 0 Å². The SMILES string of the molecule is CC1(C)CCC(CC2(CN)CCOC2)O1. The van der Waals surface area contributed by atoms with Crippen molar-refractivity contribution < 1.29 is 9.47 Å². The van der Waals surface area contributed by atoms with Crippen LogP contribution >= 0.6 is 0 Å². The molecule has 2 aliphatic heterocycles. The Morgan fingerprint density at radius 2 is 2.13 bits per heavy atom. The van der Waals surface area contributed by atoms with Crippen molar-refractivity contribution >= 4 is 0 Å². The number of hydrogen-bond donors (Lipinski definition) is 1. The summed E-state index contributed by atoms with van der Waals surface area (Å²) in [5.41, 5.74) is 6.15. The first-order valence-electron chi connectivity index (χ1n) is 6.01. The van der Waals surface area contributed by atoms with E-state index in [0.29, 0.717) is 6.10 Å². The molecule has 2 rings (SSSR count). The fourth-order valence-corrected chi connectivity index (χ4v) is 2.76. The Bertz CT molecular complexity index is 222. The van der Waals surface area contributed by atoms with Gasteiger partial charge in [0.1, 0.15) is 0 Å². The van der Waals surface area contributed by atoms with Crippen molar-refractivity contribution in [1.29, 1.82) is 0 Å². The van der Waals surface area contributed by atoms with Crippen molar-refractivity contribution in [3.63, 3.8) is 0 Å². The first-order valence-corrected chi connectivity index (χ1v) is 6.01. The summed E-state index contributed by atoms with van der Waals surface area (Å²) in [6.45, 7) is 6.77. The van der Waals surface area contributed by atoms with Gasteiger partial charge in [0.05, 0.1) is 18.3 Å². The molecule has 2 atom stereocenters. The van der Waals surface area contributed by atoms with Crippen LogP contribution < -0.4 is 5.73 Å². The van der Waals surface area contributed by atoms with E-state index in [-0.39, 0.29) is 11.0 Å². The van der Waals surface area contributed by atoms with Crippen LogP contribution in [0.3, 0.4) is 0 Å². The van der Waals surface area contributed by atoms with Crippen LogP contribution in [0.1, 0.15) is 39.5 Å². The molecule has 2 aliphatic rings. The molecule has 2 unspecified atom stereocenters. The summed E-state index contributed by atoms with van der Waals surface area (Å²) < 4.78 is 11.5. The molecule has 0 aliphatic carbocycles. The van der Waals surface area contributed by atoms with Crippen molar-refractivity contribution in [2.45, 2.75) is 51.2 Å². The summed E-state index contributed by atoms with van der Waals surface area (Å²) in [6.07, 6.45) is 4.91. The van der Waals surface area contributed by atoms with Gasteiger partial charge in [-0.2, -0.15) is 0 Å². The molecule has 0 bridgehead atoms. The lowest BCUT2D eigenvalue weighted by atomic mass is 9.81. The predicted molar refractivity (Wildman–Crippen MR) is 59.7 cm³/mol. The lowest BCUT2D eigenvalue weighted by molar-refractivity contribution is -0.0357. The molecule has 0 aromatic carbocycles. The molecule has 0 aromatic rings. The zero-order valence-corrected chi connectivity index (χ0v) is 9.92. The smallest absolute Gasteiger partial charge is 0.0631 e. The number of hydrogen-bond acceptors (Lipinski definition) is 3. The third kappa shape index (κ3) is 2.52. The maximum absolute atomic E-state index is 6.03. The van der Waals surface area contributed by atoms with E-state index in [2.05, 4.69) is 13.8 Å². The lowest BCUT2D eigenvalue weighted by Crippen LogP contribution is -2.35. The minimum absolute atomic E-state index is 0.0694. The highest BCUT2D eigenvalue weighted by molar-refractivity contribution is 4.90. The lowest BCUT2D eigenvalue weighted by Gasteiger charge is -2.29. The van der Waals surface area contributed by atoms with E-state index in [0.717, 1.165) is 32.6 Å². The fourth-order valence-electron chi connectivity index (χ4n) is 2.76. The molecule has 88 valence electrons. The summed E-state index contributed by atoms with van der Waals surface area (Å²) in [7, 11) is 0. The van der Waals surface area contributed by atoms with E-state index < -0.39 is 0 Å². The summed E-state index contributed by atoms with van der Waals surface area (Å²) in [5.74, 6) is 0. The Morgan fingerprint density at radius 1 is 1.33 bits per heavy atom. The van der Waals surface area contributed by atoms with Crippen LogP contribution in [0.4, 0.5) is 0 Å². The highest BCUT2D eigenvalue weighted by Crippen LogP contribution is 2.39. The zero-order chi connectivity index (χ0) is 10.9. The summed E-state index contributed by atoms with van der Waals surface area (Å²) in [5, 5.41) is 0. The summed E-state index contributed by atoms with van der Waals surface area (Å²) in [6, 6.07) is 0. The Labute approximate surface area is 92.3 Å². The topological polar surface area (TPSA) is 44.5 Å². The molecule has 0 radical (unpaired) electrons. The maximum atomic E-state index is 6.03. The molecular formula is C12H23NO2. The second-order valence-corrected chi connectivity index (χ2v) is 5.75. The van der Waals surface area contributed by atoms with Gasteiger partial charge < -0.3 is 15.2 Å². The van der Waals surface area contributed by atoms with Crippen LogP contribution in [0.2, 0.25) is 0 Å². The van der Waals surface area contributed by atoms with Crippen LogP contribution in [0.25, 0.3) is 0 Å². The van der Waals surface area contributed by atoms with Crippen LogP contribution in [0.15, 0.2) is 0 Å². The van der Waals surface area contributed by atoms with E-state index in [4.69, 9.17) is 15.2 Å². The number of nitrogens with two attached hydrogens (primary N) is 1. The van der Waals surface area contributed by atoms with Gasteiger partial charge in [-0.3, -0.25) is 0 Å². The molecular weight excluding hydrogens is 190 g/mol. The number of ether oxygens (including phenoxy) is 2. The average Bonchev–Trinajstić information content (AvgIpc) is 2.75. The first kappa shape index (κ1) is 11.4. The third-order valence-corrected chi connectivity index (χ3v) is 3.83. The Hall–Kier alpha value is -0.120. The van der Waals surface area contributed by atoms with Crippen LogP contribution in [0.5, 0.6) is 0 Å². The second kappa shape index (κ2) is 4.04. The molecule has 2 saturated heterocycles. The van der Waals surface area contributed by atoms with Gasteiger partial charge in [-0.15, -0.1) is 0 Å². The van der Waals surface area contributed by atoms with Crippen molar-refractivity contribution in [1.82, 2.24) is 0 Å². The van der Waals surface area contributed by atoms with Crippen LogP contribution in [0, 0.1) is 5.41 Å². The Morgan fingerprint density at radius 3 is 2.60 bits per heavy atom. The second-order valence-electron chi connectivity index (χ2n) is 5.75. The molecule has 2 N–H and O–H groups in total. The van der Waals surface area contributed by atoms with Gasteiger partial charge in [0.2, 0.25) is 0 Å². The molecule has 3 nitrogen and oxygen atoms in total. The summed E-state index contributed by atoms with van der Waals surface area (Å²) >= 11 is 0. The first-order chi connectivity index (χ1) is 7.05. The van der Waals surface area contributed by atoms with Crippen molar-refractivity contribution in [2.24, 2.45) is 11.1 Å². The van der Waals surface area contributed by atoms with Crippen LogP contribution in [-0.4, -0.2) is 31.5 Å². The molecule has 15 heavy (non-hydrogen) atoms. The van der Waals surface area contributed by atoms with Gasteiger partial charge in [0.25, 0.3) is 0 Å². The number of rotatable bonds is 3. The van der Waals surface area contributed by atoms with E-state index in [9.17, 15) is 0 Å². The maximum Gasteiger partial charge on any atom is 0.0631 e. The van der Waals surface area contributed by atoms with E-state index >= 15 is 0 Å². The van der Waals surface area contributed by atoms with Gasteiger partial charge in [-0.25, -0.2) is 0 Å². The normalized spacial score (nSPS) is 39.8. The fraction of sp³-hybridized carbons (Fsp3) is 1.00. The zero-order valence-electron chi connectivity index (χ0n) is 9.92. The molecule has 0 aromatic heterocycles. The standard InChI is InChI=1S/C12H23NO2/c1-11(2)4-3-10(15-11)7-12(8-13)5-6-14-9-12/h10H,3-9,13H2,1-2H3. The van der Waals surface area contributed by atoms with Crippen LogP contribution in [-0.2, 0) is 9.47 Å². The largest absolute Gasteiger partial charge is 0.381 e. The minimum Gasteiger partial charge on any atom is -0.381 e. The molecule has 0 amide bonds.